The van der Waals surface area contributed by atoms with Gasteiger partial charge in [0.2, 0.25) is 0 Å². The second-order valence-electron chi connectivity index (χ2n) is 5.03. The molecule has 1 aliphatic carbocycles. The summed E-state index contributed by atoms with van der Waals surface area (Å²) in [6, 6.07) is 0. The van der Waals surface area contributed by atoms with E-state index in [1.54, 1.807) is 0 Å². The van der Waals surface area contributed by atoms with Crippen LogP contribution in [0.25, 0.3) is 0 Å². The van der Waals surface area contributed by atoms with E-state index in [0.29, 0.717) is 6.42 Å². The van der Waals surface area contributed by atoms with Crippen molar-refractivity contribution < 1.29 is 9.53 Å². The predicted molar refractivity (Wildman–Crippen MR) is 66.1 cm³/mol. The summed E-state index contributed by atoms with van der Waals surface area (Å²) >= 11 is 0. The van der Waals surface area contributed by atoms with E-state index in [1.165, 1.54) is 31.9 Å². The average molecular weight is 224 g/mol. The maximum atomic E-state index is 11.0. The van der Waals surface area contributed by atoms with Crippen molar-refractivity contribution in [2.75, 3.05) is 7.11 Å². The minimum Gasteiger partial charge on any atom is -0.469 e. The van der Waals surface area contributed by atoms with Crippen LogP contribution < -0.4 is 0 Å². The molecule has 0 spiro atoms. The Kier molecular flexibility index (Phi) is 5.58. The molecule has 0 aromatic heterocycles. The summed E-state index contributed by atoms with van der Waals surface area (Å²) in [5.41, 5.74) is 1.54. The van der Waals surface area contributed by atoms with Crippen molar-refractivity contribution in [2.45, 2.75) is 52.4 Å². The maximum absolute atomic E-state index is 11.0. The lowest BCUT2D eigenvalue weighted by Gasteiger charge is -2.26. The van der Waals surface area contributed by atoms with Crippen molar-refractivity contribution in [1.82, 2.24) is 0 Å². The van der Waals surface area contributed by atoms with Gasteiger partial charge in [0.15, 0.2) is 0 Å². The number of methoxy groups -OCH3 is 1. The predicted octanol–water partition coefficient (Wildman–Crippen LogP) is 3.71. The summed E-state index contributed by atoms with van der Waals surface area (Å²) in [6.07, 6.45) is 8.87. The van der Waals surface area contributed by atoms with Crippen LogP contribution >= 0.6 is 0 Å². The highest BCUT2D eigenvalue weighted by Crippen LogP contribution is 2.31. The Morgan fingerprint density at radius 1 is 1.62 bits per heavy atom. The summed E-state index contributed by atoms with van der Waals surface area (Å²) in [5, 5.41) is 0. The summed E-state index contributed by atoms with van der Waals surface area (Å²) in [7, 11) is 1.46. The minimum atomic E-state index is -0.0772. The monoisotopic (exact) mass is 224 g/mol. The maximum Gasteiger partial charge on any atom is 0.305 e. The first-order chi connectivity index (χ1) is 7.63. The molecule has 0 saturated heterocycles. The summed E-state index contributed by atoms with van der Waals surface area (Å²) < 4.78 is 4.64. The molecule has 16 heavy (non-hydrogen) atoms. The van der Waals surface area contributed by atoms with Gasteiger partial charge in [0, 0.05) is 6.42 Å². The van der Waals surface area contributed by atoms with Crippen LogP contribution in [0.4, 0.5) is 0 Å². The molecule has 0 radical (unpaired) electrons. The highest BCUT2D eigenvalue weighted by molar-refractivity contribution is 5.68. The molecule has 0 aliphatic heterocycles. The van der Waals surface area contributed by atoms with Crippen LogP contribution in [-0.2, 0) is 9.53 Å². The third-order valence-electron chi connectivity index (χ3n) is 3.75. The Balaban J connectivity index is 2.20. The molecule has 0 N–H and O–H groups in total. The van der Waals surface area contributed by atoms with Crippen LogP contribution in [0.15, 0.2) is 11.6 Å². The van der Waals surface area contributed by atoms with Gasteiger partial charge in [-0.25, -0.2) is 0 Å². The number of rotatable bonds is 5. The fourth-order valence-corrected chi connectivity index (χ4v) is 2.41. The Morgan fingerprint density at radius 2 is 2.38 bits per heavy atom. The topological polar surface area (TPSA) is 26.3 Å². The summed E-state index contributed by atoms with van der Waals surface area (Å²) in [4.78, 5) is 11.0. The third-order valence-corrected chi connectivity index (χ3v) is 3.75. The minimum absolute atomic E-state index is 0.0772. The van der Waals surface area contributed by atoms with Crippen molar-refractivity contribution in [2.24, 2.45) is 11.8 Å². The SMILES string of the molecule is COC(=O)CCCC(C)C1CC=C(C)CC1. The van der Waals surface area contributed by atoms with Crippen molar-refractivity contribution in [3.8, 4) is 0 Å². The largest absolute Gasteiger partial charge is 0.469 e. The normalized spacial score (nSPS) is 22.4. The average Bonchev–Trinajstić information content (AvgIpc) is 2.29. The van der Waals surface area contributed by atoms with E-state index in [2.05, 4.69) is 24.7 Å². The molecule has 0 amide bonds. The van der Waals surface area contributed by atoms with E-state index in [-0.39, 0.29) is 5.97 Å². The van der Waals surface area contributed by atoms with Gasteiger partial charge in [-0.3, -0.25) is 4.79 Å². The van der Waals surface area contributed by atoms with Gasteiger partial charge < -0.3 is 4.74 Å². The first kappa shape index (κ1) is 13.3. The molecule has 0 bridgehead atoms. The molecule has 0 aromatic carbocycles. The molecule has 0 heterocycles. The lowest BCUT2D eigenvalue weighted by atomic mass is 9.80. The lowest BCUT2D eigenvalue weighted by Crippen LogP contribution is -2.14. The van der Waals surface area contributed by atoms with E-state index in [4.69, 9.17) is 0 Å². The highest BCUT2D eigenvalue weighted by Gasteiger charge is 2.19. The van der Waals surface area contributed by atoms with E-state index in [9.17, 15) is 4.79 Å². The molecule has 2 heteroatoms. The number of carbonyl (C=O) groups excluding carboxylic acids is 1. The Morgan fingerprint density at radius 3 is 2.94 bits per heavy atom. The van der Waals surface area contributed by atoms with Gasteiger partial charge in [0.05, 0.1) is 7.11 Å². The van der Waals surface area contributed by atoms with Gasteiger partial charge in [-0.15, -0.1) is 0 Å². The Labute approximate surface area is 99.1 Å². The van der Waals surface area contributed by atoms with Gasteiger partial charge in [-0.1, -0.05) is 18.6 Å². The zero-order valence-corrected chi connectivity index (χ0v) is 10.8. The number of carbonyl (C=O) groups is 1. The van der Waals surface area contributed by atoms with Gasteiger partial charge in [-0.05, 0) is 50.9 Å². The first-order valence-electron chi connectivity index (χ1n) is 6.36. The van der Waals surface area contributed by atoms with E-state index < -0.39 is 0 Å². The molecular weight excluding hydrogens is 200 g/mol. The van der Waals surface area contributed by atoms with Gasteiger partial charge in [-0.2, -0.15) is 0 Å². The molecule has 0 aromatic rings. The van der Waals surface area contributed by atoms with Crippen LogP contribution in [0, 0.1) is 11.8 Å². The Hall–Kier alpha value is -0.790. The number of esters is 1. The molecule has 1 aliphatic rings. The first-order valence-corrected chi connectivity index (χ1v) is 6.36. The fourth-order valence-electron chi connectivity index (χ4n) is 2.41. The van der Waals surface area contributed by atoms with Crippen molar-refractivity contribution in [3.05, 3.63) is 11.6 Å². The zero-order chi connectivity index (χ0) is 12.0. The molecule has 0 fully saturated rings. The lowest BCUT2D eigenvalue weighted by molar-refractivity contribution is -0.140. The van der Waals surface area contributed by atoms with Crippen LogP contribution in [0.3, 0.4) is 0 Å². The molecule has 2 nitrogen and oxygen atoms in total. The second kappa shape index (κ2) is 6.72. The fraction of sp³-hybridized carbons (Fsp3) is 0.786. The quantitative estimate of drug-likeness (QED) is 0.525. The van der Waals surface area contributed by atoms with E-state index in [1.807, 2.05) is 0 Å². The number of hydrogen-bond acceptors (Lipinski definition) is 2. The molecule has 92 valence electrons. The van der Waals surface area contributed by atoms with Gasteiger partial charge >= 0.3 is 5.97 Å². The smallest absolute Gasteiger partial charge is 0.305 e. The zero-order valence-electron chi connectivity index (χ0n) is 10.8. The number of hydrogen-bond donors (Lipinski definition) is 0. The van der Waals surface area contributed by atoms with Crippen LogP contribution in [-0.4, -0.2) is 13.1 Å². The summed E-state index contributed by atoms with van der Waals surface area (Å²) in [6.45, 7) is 4.54. The number of ether oxygens (including phenoxy) is 1. The van der Waals surface area contributed by atoms with Gasteiger partial charge in [0.1, 0.15) is 0 Å². The van der Waals surface area contributed by atoms with E-state index in [0.717, 1.165) is 24.7 Å². The van der Waals surface area contributed by atoms with Crippen molar-refractivity contribution >= 4 is 5.97 Å². The number of allylic oxidation sites excluding steroid dienone is 2. The standard InChI is InChI=1S/C14H24O2/c1-11-7-9-13(10-8-11)12(2)5-4-6-14(15)16-3/h7,12-13H,4-6,8-10H2,1-3H3. The van der Waals surface area contributed by atoms with Gasteiger partial charge in [0.25, 0.3) is 0 Å². The highest BCUT2D eigenvalue weighted by atomic mass is 16.5. The third kappa shape index (κ3) is 4.38. The molecule has 2 atom stereocenters. The van der Waals surface area contributed by atoms with Crippen molar-refractivity contribution in [1.29, 1.82) is 0 Å². The van der Waals surface area contributed by atoms with Crippen molar-refractivity contribution in [3.63, 3.8) is 0 Å². The van der Waals surface area contributed by atoms with Crippen LogP contribution in [0.2, 0.25) is 0 Å². The second-order valence-corrected chi connectivity index (χ2v) is 5.03. The molecule has 2 unspecified atom stereocenters. The van der Waals surface area contributed by atoms with Crippen LogP contribution in [0.1, 0.15) is 52.4 Å². The Bertz CT molecular complexity index is 255. The molecular formula is C14H24O2. The van der Waals surface area contributed by atoms with E-state index >= 15 is 0 Å². The molecule has 1 rings (SSSR count). The summed E-state index contributed by atoms with van der Waals surface area (Å²) in [5.74, 6) is 1.47. The van der Waals surface area contributed by atoms with Crippen LogP contribution in [0.5, 0.6) is 0 Å². The molecule has 0 saturated carbocycles.